The van der Waals surface area contributed by atoms with Gasteiger partial charge in [-0.15, -0.1) is 0 Å². The number of ether oxygens (including phenoxy) is 1. The zero-order chi connectivity index (χ0) is 19.3. The van der Waals surface area contributed by atoms with E-state index in [-0.39, 0.29) is 29.8 Å². The van der Waals surface area contributed by atoms with Crippen LogP contribution in [0.3, 0.4) is 0 Å². The molecule has 0 radical (unpaired) electrons. The molecule has 0 saturated heterocycles. The van der Waals surface area contributed by atoms with E-state index in [1.54, 1.807) is 13.0 Å². The molecule has 0 spiro atoms. The highest BCUT2D eigenvalue weighted by molar-refractivity contribution is 5.96. The molecule has 2 aromatic rings. The number of hydrogen-bond donors (Lipinski definition) is 3. The number of hydrazine groups is 1. The lowest BCUT2D eigenvalue weighted by atomic mass is 10.2. The fraction of sp³-hybridized carbons (Fsp3) is 0.312. The Labute approximate surface area is 150 Å². The molecule has 1 atom stereocenters. The standard InChI is InChI=1S/C16H21N7O3/c1-9-6-11(7-20-16(9)26-3)21-15-13(14(17)25)19-8-12(22-15)23(18)10(2)4-5-24/h5-8,10H,4,18H2,1-3H3,(H2,17,25)(H,21,22). The molecule has 0 aliphatic carbocycles. The number of aryl methyl sites for hydroxylation is 1. The summed E-state index contributed by atoms with van der Waals surface area (Å²) in [7, 11) is 1.53. The first-order valence-corrected chi connectivity index (χ1v) is 7.79. The SMILES string of the molecule is COc1ncc(Nc2nc(N(N)C(C)CC=O)cnc2C(N)=O)cc1C. The van der Waals surface area contributed by atoms with Crippen molar-refractivity contribution in [1.82, 2.24) is 15.0 Å². The van der Waals surface area contributed by atoms with E-state index in [1.807, 2.05) is 6.92 Å². The van der Waals surface area contributed by atoms with Crippen molar-refractivity contribution in [1.29, 1.82) is 0 Å². The molecular weight excluding hydrogens is 338 g/mol. The first kappa shape index (κ1) is 19.1. The van der Waals surface area contributed by atoms with Crippen LogP contribution in [0.25, 0.3) is 0 Å². The summed E-state index contributed by atoms with van der Waals surface area (Å²) in [4.78, 5) is 34.8. The number of pyridine rings is 1. The van der Waals surface area contributed by atoms with Gasteiger partial charge in [-0.25, -0.2) is 20.8 Å². The topological polar surface area (TPSA) is 149 Å². The number of nitrogens with one attached hydrogen (secondary N) is 1. The minimum atomic E-state index is -0.741. The second-order valence-electron chi connectivity index (χ2n) is 5.62. The van der Waals surface area contributed by atoms with Gasteiger partial charge in [0.15, 0.2) is 17.3 Å². The van der Waals surface area contributed by atoms with Crippen LogP contribution in [0.15, 0.2) is 18.5 Å². The number of carbonyl (C=O) groups is 2. The quantitative estimate of drug-likeness (QED) is 0.351. The van der Waals surface area contributed by atoms with Gasteiger partial charge in [0.2, 0.25) is 5.88 Å². The van der Waals surface area contributed by atoms with Crippen LogP contribution < -0.4 is 26.6 Å². The fourth-order valence-corrected chi connectivity index (χ4v) is 2.23. The van der Waals surface area contributed by atoms with Gasteiger partial charge in [-0.3, -0.25) is 9.80 Å². The summed E-state index contributed by atoms with van der Waals surface area (Å²) in [5.74, 6) is 6.14. The average Bonchev–Trinajstić information content (AvgIpc) is 2.61. The number of rotatable bonds is 8. The minimum absolute atomic E-state index is 0.0429. The van der Waals surface area contributed by atoms with Crippen LogP contribution in [0, 0.1) is 6.92 Å². The van der Waals surface area contributed by atoms with Crippen LogP contribution in [-0.4, -0.2) is 40.3 Å². The molecule has 0 fully saturated rings. The van der Waals surface area contributed by atoms with Crippen LogP contribution in [0.2, 0.25) is 0 Å². The third kappa shape index (κ3) is 4.22. The first-order valence-electron chi connectivity index (χ1n) is 7.79. The maximum Gasteiger partial charge on any atom is 0.271 e. The highest BCUT2D eigenvalue weighted by Gasteiger charge is 2.18. The lowest BCUT2D eigenvalue weighted by Crippen LogP contribution is -2.40. The van der Waals surface area contributed by atoms with E-state index in [1.165, 1.54) is 24.5 Å². The lowest BCUT2D eigenvalue weighted by molar-refractivity contribution is -0.108. The van der Waals surface area contributed by atoms with Crippen LogP contribution in [0.4, 0.5) is 17.3 Å². The number of hydrogen-bond acceptors (Lipinski definition) is 9. The Morgan fingerprint density at radius 3 is 2.73 bits per heavy atom. The average molecular weight is 359 g/mol. The maximum absolute atomic E-state index is 11.6. The number of nitrogens with two attached hydrogens (primary N) is 2. The highest BCUT2D eigenvalue weighted by Crippen LogP contribution is 2.23. The molecule has 0 aromatic carbocycles. The monoisotopic (exact) mass is 359 g/mol. The number of nitrogens with zero attached hydrogens (tertiary/aromatic N) is 4. The Kier molecular flexibility index (Phi) is 6.02. The predicted octanol–water partition coefficient (Wildman–Crippen LogP) is 0.689. The smallest absolute Gasteiger partial charge is 0.271 e. The van der Waals surface area contributed by atoms with E-state index < -0.39 is 5.91 Å². The van der Waals surface area contributed by atoms with Crippen molar-refractivity contribution in [3.63, 3.8) is 0 Å². The van der Waals surface area contributed by atoms with E-state index in [4.69, 9.17) is 16.3 Å². The summed E-state index contributed by atoms with van der Waals surface area (Å²) in [6.07, 6.45) is 3.84. The molecule has 2 rings (SSSR count). The molecule has 2 aromatic heterocycles. The molecule has 138 valence electrons. The molecule has 10 nitrogen and oxygen atoms in total. The third-order valence-electron chi connectivity index (χ3n) is 3.66. The van der Waals surface area contributed by atoms with Gasteiger partial charge >= 0.3 is 0 Å². The maximum atomic E-state index is 11.6. The van der Waals surface area contributed by atoms with E-state index in [0.29, 0.717) is 11.6 Å². The largest absolute Gasteiger partial charge is 0.481 e. The van der Waals surface area contributed by atoms with Gasteiger partial charge in [-0.05, 0) is 19.9 Å². The number of amides is 1. The molecule has 0 bridgehead atoms. The number of aromatic nitrogens is 3. The number of primary amides is 1. The lowest BCUT2D eigenvalue weighted by Gasteiger charge is -2.24. The summed E-state index contributed by atoms with van der Waals surface area (Å²) in [5, 5.41) is 4.27. The summed E-state index contributed by atoms with van der Waals surface area (Å²) < 4.78 is 5.12. The van der Waals surface area contributed by atoms with Crippen LogP contribution in [0.1, 0.15) is 29.4 Å². The fourth-order valence-electron chi connectivity index (χ4n) is 2.23. The van der Waals surface area contributed by atoms with Crippen LogP contribution >= 0.6 is 0 Å². The Balaban J connectivity index is 2.38. The molecular formula is C16H21N7O3. The first-order chi connectivity index (χ1) is 12.4. The van der Waals surface area contributed by atoms with Gasteiger partial charge in [-0.2, -0.15) is 0 Å². The van der Waals surface area contributed by atoms with Crippen LogP contribution in [-0.2, 0) is 4.79 Å². The van der Waals surface area contributed by atoms with Crippen LogP contribution in [0.5, 0.6) is 5.88 Å². The predicted molar refractivity (Wildman–Crippen MR) is 96.2 cm³/mol. The molecule has 1 amide bonds. The van der Waals surface area contributed by atoms with Crippen molar-refractivity contribution in [2.24, 2.45) is 11.6 Å². The Hall–Kier alpha value is -3.27. The number of methoxy groups -OCH3 is 1. The third-order valence-corrected chi connectivity index (χ3v) is 3.66. The van der Waals surface area contributed by atoms with Gasteiger partial charge in [-0.1, -0.05) is 0 Å². The summed E-state index contributed by atoms with van der Waals surface area (Å²) in [6, 6.07) is 1.49. The summed E-state index contributed by atoms with van der Waals surface area (Å²) in [6.45, 7) is 3.60. The zero-order valence-electron chi connectivity index (χ0n) is 14.8. The minimum Gasteiger partial charge on any atom is -0.481 e. The van der Waals surface area contributed by atoms with Gasteiger partial charge in [0, 0.05) is 12.0 Å². The van der Waals surface area contributed by atoms with E-state index in [9.17, 15) is 9.59 Å². The normalized spacial score (nSPS) is 11.5. The highest BCUT2D eigenvalue weighted by atomic mass is 16.5. The molecule has 1 unspecified atom stereocenters. The van der Waals surface area contributed by atoms with Gasteiger partial charge in [0.1, 0.15) is 6.29 Å². The van der Waals surface area contributed by atoms with Gasteiger partial charge in [0.05, 0.1) is 31.2 Å². The van der Waals surface area contributed by atoms with E-state index >= 15 is 0 Å². The van der Waals surface area contributed by atoms with E-state index in [2.05, 4.69) is 20.3 Å². The number of carbonyl (C=O) groups excluding carboxylic acids is 2. The molecule has 5 N–H and O–H groups in total. The molecule has 26 heavy (non-hydrogen) atoms. The molecule has 0 aliphatic heterocycles. The zero-order valence-corrected chi connectivity index (χ0v) is 14.8. The van der Waals surface area contributed by atoms with Gasteiger partial charge < -0.3 is 20.6 Å². The van der Waals surface area contributed by atoms with Crippen molar-refractivity contribution in [3.05, 3.63) is 29.7 Å². The molecule has 0 aliphatic rings. The van der Waals surface area contributed by atoms with Crippen molar-refractivity contribution in [2.45, 2.75) is 26.3 Å². The Morgan fingerprint density at radius 1 is 1.42 bits per heavy atom. The van der Waals surface area contributed by atoms with E-state index in [0.717, 1.165) is 11.8 Å². The Morgan fingerprint density at radius 2 is 2.15 bits per heavy atom. The van der Waals surface area contributed by atoms with Crippen molar-refractivity contribution in [3.8, 4) is 5.88 Å². The van der Waals surface area contributed by atoms with Crippen molar-refractivity contribution >= 4 is 29.5 Å². The molecule has 0 saturated carbocycles. The second-order valence-corrected chi connectivity index (χ2v) is 5.62. The van der Waals surface area contributed by atoms with Gasteiger partial charge in [0.25, 0.3) is 5.91 Å². The number of anilines is 3. The Bertz CT molecular complexity index is 812. The summed E-state index contributed by atoms with van der Waals surface area (Å²) >= 11 is 0. The van der Waals surface area contributed by atoms with Crippen molar-refractivity contribution in [2.75, 3.05) is 17.4 Å². The molecule has 2 heterocycles. The van der Waals surface area contributed by atoms with Crippen molar-refractivity contribution < 1.29 is 14.3 Å². The second kappa shape index (κ2) is 8.21. The summed E-state index contributed by atoms with van der Waals surface area (Å²) in [5.41, 5.74) is 6.69. The number of aldehydes is 1. The molecule has 10 heteroatoms.